The summed E-state index contributed by atoms with van der Waals surface area (Å²) in [6.45, 7) is 0. The van der Waals surface area contributed by atoms with E-state index in [0.717, 1.165) is 10.6 Å². The highest BCUT2D eigenvalue weighted by atomic mass is 31.0. The first-order chi connectivity index (χ1) is 3.80. The van der Waals surface area contributed by atoms with Crippen molar-refractivity contribution in [1.29, 1.82) is 0 Å². The van der Waals surface area contributed by atoms with Crippen LogP contribution in [0.4, 0.5) is 0 Å². The Hall–Kier alpha value is 0.0800. The first-order valence-corrected chi connectivity index (χ1v) is 3.33. The minimum absolute atomic E-state index is 1.09. The van der Waals surface area contributed by atoms with Gasteiger partial charge in [-0.05, 0) is 0 Å². The summed E-state index contributed by atoms with van der Waals surface area (Å²) < 4.78 is 0. The van der Waals surface area contributed by atoms with Crippen molar-refractivity contribution in [2.24, 2.45) is 0 Å². The van der Waals surface area contributed by atoms with Gasteiger partial charge in [0, 0.05) is 0 Å². The maximum Gasteiger partial charge on any atom is -0.0647 e. The minimum Gasteiger partial charge on any atom is -0.527 e. The molecule has 0 unspecified atom stereocenters. The van der Waals surface area contributed by atoms with Gasteiger partial charge in [-0.25, -0.2) is 10.6 Å². The Morgan fingerprint density at radius 2 is 1.25 bits per heavy atom. The zero-order valence-electron chi connectivity index (χ0n) is 4.31. The van der Waals surface area contributed by atoms with Crippen molar-refractivity contribution in [2.75, 3.05) is 0 Å². The Bertz CT molecular complexity index is 163. The molecule has 0 saturated carbocycles. The van der Waals surface area contributed by atoms with Crippen molar-refractivity contribution < 1.29 is 0 Å². The lowest BCUT2D eigenvalue weighted by atomic mass is 10.4. The lowest BCUT2D eigenvalue weighted by molar-refractivity contribution is 1.84. The lowest BCUT2D eigenvalue weighted by Crippen LogP contribution is -2.08. The zero-order valence-corrected chi connectivity index (χ0v) is 6.31. The molecule has 42 valence electrons. The van der Waals surface area contributed by atoms with E-state index in [1.165, 1.54) is 0 Å². The van der Waals surface area contributed by atoms with Crippen molar-refractivity contribution >= 4 is 29.1 Å². The maximum absolute atomic E-state index is 3.39. The standard InChI is InChI=1S/C6H6P2/c7-5-3-1-2-4-6(5)8/h1-4,7-8H/q-2. The average molecular weight is 140 g/mol. The Morgan fingerprint density at radius 1 is 0.875 bits per heavy atom. The molecule has 0 aliphatic rings. The second-order valence-corrected chi connectivity index (χ2v) is 2.62. The minimum atomic E-state index is 1.09. The van der Waals surface area contributed by atoms with Crippen LogP contribution in [0.1, 0.15) is 0 Å². The van der Waals surface area contributed by atoms with Gasteiger partial charge in [-0.3, -0.25) is 0 Å². The molecule has 0 bridgehead atoms. The summed E-state index contributed by atoms with van der Waals surface area (Å²) in [5.74, 6) is 0. The summed E-state index contributed by atoms with van der Waals surface area (Å²) in [7, 11) is 6.79. The third kappa shape index (κ3) is 1.28. The first-order valence-electron chi connectivity index (χ1n) is 2.33. The van der Waals surface area contributed by atoms with Gasteiger partial charge in [-0.1, -0.05) is 24.3 Å². The van der Waals surface area contributed by atoms with E-state index in [9.17, 15) is 0 Å². The monoisotopic (exact) mass is 140 g/mol. The van der Waals surface area contributed by atoms with E-state index >= 15 is 0 Å². The molecule has 2 heteroatoms. The number of hydrogen-bond acceptors (Lipinski definition) is 0. The highest BCUT2D eigenvalue weighted by molar-refractivity contribution is 7.35. The quantitative estimate of drug-likeness (QED) is 0.475. The van der Waals surface area contributed by atoms with E-state index in [-0.39, 0.29) is 0 Å². The molecule has 0 radical (unpaired) electrons. The van der Waals surface area contributed by atoms with Crippen LogP contribution in [0, 0.1) is 0 Å². The topological polar surface area (TPSA) is 0 Å². The predicted octanol–water partition coefficient (Wildman–Crippen LogP) is 1.22. The van der Waals surface area contributed by atoms with Gasteiger partial charge in [-0.2, -0.15) is 0 Å². The number of hydrogen-bond donors (Lipinski definition) is 0. The normalized spacial score (nSPS) is 9.25. The molecule has 0 atom stereocenters. The van der Waals surface area contributed by atoms with Crippen LogP contribution in [0.25, 0.3) is 0 Å². The zero-order chi connectivity index (χ0) is 5.98. The van der Waals surface area contributed by atoms with Gasteiger partial charge < -0.3 is 18.5 Å². The third-order valence-electron chi connectivity index (χ3n) is 0.927. The van der Waals surface area contributed by atoms with Gasteiger partial charge in [0.2, 0.25) is 0 Å². The van der Waals surface area contributed by atoms with Gasteiger partial charge in [0.05, 0.1) is 0 Å². The summed E-state index contributed by atoms with van der Waals surface area (Å²) in [6.07, 6.45) is 0. The molecule has 0 aliphatic heterocycles. The van der Waals surface area contributed by atoms with Crippen LogP contribution < -0.4 is 10.6 Å². The fourth-order valence-corrected chi connectivity index (χ4v) is 0.842. The predicted molar refractivity (Wildman–Crippen MR) is 42.3 cm³/mol. The highest BCUT2D eigenvalue weighted by Crippen LogP contribution is 1.90. The fourth-order valence-electron chi connectivity index (χ4n) is 0.483. The SMILES string of the molecule is [PH-]c1ccccc1[PH-]. The van der Waals surface area contributed by atoms with Gasteiger partial charge in [0.1, 0.15) is 0 Å². The van der Waals surface area contributed by atoms with E-state index in [4.69, 9.17) is 0 Å². The van der Waals surface area contributed by atoms with E-state index in [0.29, 0.717) is 0 Å². The van der Waals surface area contributed by atoms with E-state index in [1.54, 1.807) is 0 Å². The molecule has 0 spiro atoms. The molecule has 1 aromatic rings. The smallest absolute Gasteiger partial charge is 0.0647 e. The first kappa shape index (κ1) is 6.20. The van der Waals surface area contributed by atoms with Crippen LogP contribution in [0.2, 0.25) is 0 Å². The van der Waals surface area contributed by atoms with Crippen LogP contribution in [0.15, 0.2) is 24.3 Å². The molecule has 0 fully saturated rings. The van der Waals surface area contributed by atoms with Crippen LogP contribution in [-0.2, 0) is 0 Å². The maximum atomic E-state index is 3.39. The summed E-state index contributed by atoms with van der Waals surface area (Å²) >= 11 is 0. The van der Waals surface area contributed by atoms with Gasteiger partial charge >= 0.3 is 0 Å². The molecule has 0 heterocycles. The molecule has 1 rings (SSSR count). The molecule has 0 nitrogen and oxygen atoms in total. The Balaban J connectivity index is 3.13. The molecule has 0 aliphatic carbocycles. The van der Waals surface area contributed by atoms with Crippen LogP contribution in [0.3, 0.4) is 0 Å². The van der Waals surface area contributed by atoms with Gasteiger partial charge in [0.15, 0.2) is 0 Å². The average Bonchev–Trinajstić information content (AvgIpc) is 1.77. The van der Waals surface area contributed by atoms with Crippen LogP contribution >= 0.6 is 18.5 Å². The molecule has 0 N–H and O–H groups in total. The van der Waals surface area contributed by atoms with E-state index in [1.807, 2.05) is 24.3 Å². The highest BCUT2D eigenvalue weighted by Gasteiger charge is 1.68. The lowest BCUT2D eigenvalue weighted by Gasteiger charge is -2.12. The molecular weight excluding hydrogens is 134 g/mol. The van der Waals surface area contributed by atoms with Crippen molar-refractivity contribution in [2.45, 2.75) is 0 Å². The van der Waals surface area contributed by atoms with Crippen molar-refractivity contribution in [3.05, 3.63) is 24.3 Å². The summed E-state index contributed by atoms with van der Waals surface area (Å²) in [5.41, 5.74) is 0. The molecule has 8 heavy (non-hydrogen) atoms. The van der Waals surface area contributed by atoms with Gasteiger partial charge in [0.25, 0.3) is 0 Å². The summed E-state index contributed by atoms with van der Waals surface area (Å²) in [5, 5.41) is 2.17. The molecule has 0 aromatic heterocycles. The third-order valence-corrected chi connectivity index (χ3v) is 2.05. The molecule has 0 saturated heterocycles. The summed E-state index contributed by atoms with van der Waals surface area (Å²) in [6, 6.07) is 7.93. The Labute approximate surface area is 54.1 Å². The van der Waals surface area contributed by atoms with Crippen molar-refractivity contribution in [3.8, 4) is 0 Å². The molecule has 0 amide bonds. The van der Waals surface area contributed by atoms with Crippen LogP contribution in [0.5, 0.6) is 0 Å². The Morgan fingerprint density at radius 3 is 1.50 bits per heavy atom. The van der Waals surface area contributed by atoms with Crippen molar-refractivity contribution in [3.63, 3.8) is 0 Å². The van der Waals surface area contributed by atoms with Gasteiger partial charge in [-0.15, -0.1) is 0 Å². The van der Waals surface area contributed by atoms with Crippen molar-refractivity contribution in [1.82, 2.24) is 0 Å². The second-order valence-electron chi connectivity index (χ2n) is 1.55. The molecular formula is C6H6P2-2. The fraction of sp³-hybridized carbons (Fsp3) is 0. The largest absolute Gasteiger partial charge is 0.527 e. The number of benzene rings is 1. The van der Waals surface area contributed by atoms with Crippen LogP contribution in [-0.4, -0.2) is 0 Å². The van der Waals surface area contributed by atoms with E-state index in [2.05, 4.69) is 18.5 Å². The van der Waals surface area contributed by atoms with E-state index < -0.39 is 0 Å². The second kappa shape index (κ2) is 2.58. The Kier molecular flexibility index (Phi) is 2.00. The number of rotatable bonds is 0. The summed E-state index contributed by atoms with van der Waals surface area (Å²) in [4.78, 5) is 0. The molecule has 1 aromatic carbocycles.